The average molecular weight is 368 g/mol. The Bertz CT molecular complexity index is 657. The summed E-state index contributed by atoms with van der Waals surface area (Å²) in [7, 11) is -1.23. The van der Waals surface area contributed by atoms with Gasteiger partial charge in [-0.2, -0.15) is 13.2 Å². The first kappa shape index (κ1) is 19.2. The fourth-order valence-corrected chi connectivity index (χ4v) is 3.45. The first-order valence-corrected chi connectivity index (χ1v) is 9.70. The Labute approximate surface area is 140 Å². The molecule has 0 aliphatic carbocycles. The Morgan fingerprint density at radius 3 is 2.79 bits per heavy atom. The van der Waals surface area contributed by atoms with Crippen molar-refractivity contribution in [2.75, 3.05) is 32.9 Å². The predicted octanol–water partition coefficient (Wildman–Crippen LogP) is 1.34. The third kappa shape index (κ3) is 5.75. The largest absolute Gasteiger partial charge is 0.434 e. The van der Waals surface area contributed by atoms with Gasteiger partial charge in [-0.25, -0.2) is 18.1 Å². The van der Waals surface area contributed by atoms with E-state index in [9.17, 15) is 21.6 Å². The summed E-state index contributed by atoms with van der Waals surface area (Å²) in [5.74, 6) is 0.763. The maximum Gasteiger partial charge on any atom is 0.434 e. The third-order valence-electron chi connectivity index (χ3n) is 4.03. The number of sulfonamides is 1. The van der Waals surface area contributed by atoms with Crippen molar-refractivity contribution in [1.29, 1.82) is 0 Å². The van der Waals surface area contributed by atoms with E-state index in [2.05, 4.69) is 14.6 Å². The van der Waals surface area contributed by atoms with Gasteiger partial charge in [0.05, 0.1) is 6.26 Å². The second kappa shape index (κ2) is 7.40. The van der Waals surface area contributed by atoms with Crippen molar-refractivity contribution < 1.29 is 21.6 Å². The minimum Gasteiger partial charge on any atom is -0.334 e. The number of fused-ring (bicyclic) bond motifs is 1. The molecular formula is C14H23F3N4O2S. The van der Waals surface area contributed by atoms with Crippen molar-refractivity contribution in [2.45, 2.75) is 32.0 Å². The van der Waals surface area contributed by atoms with E-state index in [0.29, 0.717) is 31.8 Å². The molecule has 0 saturated carbocycles. The van der Waals surface area contributed by atoms with E-state index in [0.717, 1.165) is 32.0 Å². The fourth-order valence-electron chi connectivity index (χ4n) is 2.94. The summed E-state index contributed by atoms with van der Waals surface area (Å²) in [6, 6.07) is 0. The summed E-state index contributed by atoms with van der Waals surface area (Å²) < 4.78 is 64.1. The van der Waals surface area contributed by atoms with Gasteiger partial charge in [-0.05, 0) is 32.4 Å². The van der Waals surface area contributed by atoms with Crippen molar-refractivity contribution in [3.05, 3.63) is 17.7 Å². The summed E-state index contributed by atoms with van der Waals surface area (Å²) in [6.07, 6.45) is -0.146. The van der Waals surface area contributed by atoms with E-state index in [1.165, 1.54) is 0 Å². The van der Waals surface area contributed by atoms with Gasteiger partial charge in [-0.15, -0.1) is 0 Å². The monoisotopic (exact) mass is 368 g/mol. The quantitative estimate of drug-likeness (QED) is 0.738. The molecule has 0 spiro atoms. The minimum atomic E-state index is -4.40. The highest BCUT2D eigenvalue weighted by Crippen LogP contribution is 2.30. The molecule has 1 aromatic heterocycles. The number of hydrogen-bond donors (Lipinski definition) is 1. The first-order valence-electron chi connectivity index (χ1n) is 7.81. The number of hydrogen-bond acceptors (Lipinski definition) is 4. The summed E-state index contributed by atoms with van der Waals surface area (Å²) >= 11 is 0. The molecule has 1 unspecified atom stereocenters. The van der Waals surface area contributed by atoms with Gasteiger partial charge in [0.1, 0.15) is 5.82 Å². The Morgan fingerprint density at radius 2 is 2.17 bits per heavy atom. The molecule has 0 bridgehead atoms. The number of aromatic nitrogens is 2. The van der Waals surface area contributed by atoms with Crippen LogP contribution in [0.25, 0.3) is 0 Å². The van der Waals surface area contributed by atoms with Crippen LogP contribution >= 0.6 is 0 Å². The molecule has 0 fully saturated rings. The SMILES string of the molecule is CN(CCCNS(C)(=O)=O)CC1CCc2nc(C(F)(F)F)cn2C1. The predicted molar refractivity (Wildman–Crippen MR) is 84.0 cm³/mol. The van der Waals surface area contributed by atoms with Gasteiger partial charge in [-0.3, -0.25) is 0 Å². The van der Waals surface area contributed by atoms with Crippen molar-refractivity contribution in [3.63, 3.8) is 0 Å². The molecule has 2 rings (SSSR count). The molecule has 6 nitrogen and oxygen atoms in total. The van der Waals surface area contributed by atoms with Crippen LogP contribution in [0.2, 0.25) is 0 Å². The van der Waals surface area contributed by atoms with Crippen LogP contribution in [0, 0.1) is 5.92 Å². The minimum absolute atomic E-state index is 0.264. The summed E-state index contributed by atoms with van der Waals surface area (Å²) in [6.45, 7) is 2.40. The lowest BCUT2D eigenvalue weighted by Crippen LogP contribution is -2.33. The summed E-state index contributed by atoms with van der Waals surface area (Å²) in [5, 5.41) is 0. The van der Waals surface area contributed by atoms with Crippen molar-refractivity contribution in [1.82, 2.24) is 19.2 Å². The topological polar surface area (TPSA) is 67.2 Å². The number of aryl methyl sites for hydroxylation is 1. The zero-order chi connectivity index (χ0) is 18.0. The molecule has 1 aliphatic heterocycles. The van der Waals surface area contributed by atoms with Crippen LogP contribution in [-0.4, -0.2) is 55.8 Å². The zero-order valence-electron chi connectivity index (χ0n) is 13.8. The Morgan fingerprint density at radius 1 is 1.46 bits per heavy atom. The molecule has 138 valence electrons. The third-order valence-corrected chi connectivity index (χ3v) is 4.76. The van der Waals surface area contributed by atoms with E-state index in [1.807, 2.05) is 7.05 Å². The van der Waals surface area contributed by atoms with Gasteiger partial charge in [-0.1, -0.05) is 0 Å². The van der Waals surface area contributed by atoms with Crippen LogP contribution < -0.4 is 4.72 Å². The number of nitrogens with one attached hydrogen (secondary N) is 1. The molecule has 0 aromatic carbocycles. The van der Waals surface area contributed by atoms with E-state index >= 15 is 0 Å². The van der Waals surface area contributed by atoms with Crippen molar-refractivity contribution >= 4 is 10.0 Å². The summed E-state index contributed by atoms with van der Waals surface area (Å²) in [4.78, 5) is 5.76. The van der Waals surface area contributed by atoms with Crippen molar-refractivity contribution in [2.24, 2.45) is 5.92 Å². The standard InChI is InChI=1S/C14H23F3N4O2S/c1-20(7-3-6-18-24(2,22)23)8-11-4-5-13-19-12(14(15,16)17)10-21(13)9-11/h10-11,18H,3-9H2,1-2H3. The van der Waals surface area contributed by atoms with Gasteiger partial charge in [0.2, 0.25) is 10.0 Å². The molecule has 1 aliphatic rings. The second-order valence-electron chi connectivity index (χ2n) is 6.38. The Hall–Kier alpha value is -1.13. The molecule has 2 heterocycles. The lowest BCUT2D eigenvalue weighted by Gasteiger charge is -2.28. The highest BCUT2D eigenvalue weighted by Gasteiger charge is 2.35. The molecule has 24 heavy (non-hydrogen) atoms. The van der Waals surface area contributed by atoms with Gasteiger partial charge >= 0.3 is 6.18 Å². The number of nitrogens with zero attached hydrogens (tertiary/aromatic N) is 3. The van der Waals surface area contributed by atoms with Gasteiger partial charge in [0, 0.05) is 32.3 Å². The molecular weight excluding hydrogens is 345 g/mol. The number of rotatable bonds is 7. The summed E-state index contributed by atoms with van der Waals surface area (Å²) in [5.41, 5.74) is -0.821. The highest BCUT2D eigenvalue weighted by molar-refractivity contribution is 7.88. The van der Waals surface area contributed by atoms with Crippen LogP contribution in [0.4, 0.5) is 13.2 Å². The Kier molecular flexibility index (Phi) is 5.92. The van der Waals surface area contributed by atoms with Crippen LogP contribution in [0.1, 0.15) is 24.4 Å². The Balaban J connectivity index is 1.80. The molecule has 1 N–H and O–H groups in total. The van der Waals surface area contributed by atoms with Gasteiger partial charge in [0.25, 0.3) is 0 Å². The molecule has 0 amide bonds. The lowest BCUT2D eigenvalue weighted by atomic mass is 9.99. The number of imidazole rings is 1. The van der Waals surface area contributed by atoms with Crippen LogP contribution in [0.3, 0.4) is 0 Å². The van der Waals surface area contributed by atoms with E-state index in [1.54, 1.807) is 4.57 Å². The normalized spacial score (nSPS) is 18.8. The molecule has 1 aromatic rings. The van der Waals surface area contributed by atoms with Crippen LogP contribution in [0.15, 0.2) is 6.20 Å². The zero-order valence-corrected chi connectivity index (χ0v) is 14.6. The molecule has 0 radical (unpaired) electrons. The first-order chi connectivity index (χ1) is 11.0. The highest BCUT2D eigenvalue weighted by atomic mass is 32.2. The fraction of sp³-hybridized carbons (Fsp3) is 0.786. The smallest absolute Gasteiger partial charge is 0.334 e. The van der Waals surface area contributed by atoms with Gasteiger partial charge in [0.15, 0.2) is 5.69 Å². The van der Waals surface area contributed by atoms with E-state index in [4.69, 9.17) is 0 Å². The molecule has 1 atom stereocenters. The maximum absolute atomic E-state index is 12.7. The lowest BCUT2D eigenvalue weighted by molar-refractivity contribution is -0.141. The second-order valence-corrected chi connectivity index (χ2v) is 8.21. The molecule has 0 saturated heterocycles. The van der Waals surface area contributed by atoms with E-state index < -0.39 is 21.9 Å². The average Bonchev–Trinajstić information content (AvgIpc) is 2.86. The van der Waals surface area contributed by atoms with Crippen molar-refractivity contribution in [3.8, 4) is 0 Å². The van der Waals surface area contributed by atoms with Crippen LogP contribution in [0.5, 0.6) is 0 Å². The van der Waals surface area contributed by atoms with Crippen LogP contribution in [-0.2, 0) is 29.2 Å². The van der Waals surface area contributed by atoms with Gasteiger partial charge < -0.3 is 9.47 Å². The maximum atomic E-state index is 12.7. The number of halogens is 3. The number of alkyl halides is 3. The molecule has 10 heteroatoms. The van der Waals surface area contributed by atoms with E-state index in [-0.39, 0.29) is 5.92 Å².